The molecule has 11 heteroatoms. The molecule has 10 nitrogen and oxygen atoms in total. The molecule has 3 heterocycles. The number of likely N-dealkylation sites (tertiary alicyclic amines) is 2. The molecule has 0 saturated carbocycles. The number of piperidine rings is 1. The number of methoxy groups -OCH3 is 3. The van der Waals surface area contributed by atoms with E-state index in [1.807, 2.05) is 59.8 Å². The number of imidazole rings is 1. The Hall–Kier alpha value is -4.12. The molecule has 2 aliphatic rings. The van der Waals surface area contributed by atoms with Gasteiger partial charge in [-0.05, 0) is 95.1 Å². The SMILES string of the molecule is CC=CC=Cc1cnc(C(=O)C2CCN(CCC3(c4ccc(Cl)cc4)CCN(C(=O)c4cc(OC)c(OC)c(OC)c4)C3)CC2)n1CCOCC. The Morgan fingerprint density at radius 2 is 1.69 bits per heavy atom. The quantitative estimate of drug-likeness (QED) is 0.0892. The van der Waals surface area contributed by atoms with E-state index in [0.29, 0.717) is 66.5 Å². The van der Waals surface area contributed by atoms with Gasteiger partial charge in [-0.1, -0.05) is 42.0 Å². The molecule has 2 fully saturated rings. The smallest absolute Gasteiger partial charge is 0.254 e. The van der Waals surface area contributed by atoms with Gasteiger partial charge in [0.1, 0.15) is 0 Å². The molecule has 5 rings (SSSR count). The van der Waals surface area contributed by atoms with Crippen LogP contribution in [0.1, 0.15) is 71.8 Å². The molecule has 1 amide bonds. The summed E-state index contributed by atoms with van der Waals surface area (Å²) in [6, 6.07) is 11.5. The Labute approximate surface area is 307 Å². The average molecular weight is 719 g/mol. The molecule has 51 heavy (non-hydrogen) atoms. The second kappa shape index (κ2) is 17.9. The van der Waals surface area contributed by atoms with Crippen LogP contribution in [0.15, 0.2) is 60.8 Å². The Morgan fingerprint density at radius 3 is 2.31 bits per heavy atom. The monoisotopic (exact) mass is 718 g/mol. The zero-order valence-electron chi connectivity index (χ0n) is 30.5. The Kier molecular flexibility index (Phi) is 13.4. The number of benzene rings is 2. The number of hydrogen-bond donors (Lipinski definition) is 0. The summed E-state index contributed by atoms with van der Waals surface area (Å²) in [5.74, 6) is 1.80. The van der Waals surface area contributed by atoms with Crippen molar-refractivity contribution in [3.05, 3.63) is 88.5 Å². The van der Waals surface area contributed by atoms with Gasteiger partial charge in [-0.2, -0.15) is 0 Å². The van der Waals surface area contributed by atoms with Crippen molar-refractivity contribution < 1.29 is 28.5 Å². The summed E-state index contributed by atoms with van der Waals surface area (Å²) in [4.78, 5) is 36.7. The predicted molar refractivity (Wildman–Crippen MR) is 200 cm³/mol. The first-order valence-electron chi connectivity index (χ1n) is 17.8. The standard InChI is InChI=1S/C40H51ClN4O6/c1-6-8-9-10-33-27-42-38(45(33)23-24-51-7-2)36(46)29-15-19-43(20-16-29)21-17-40(31-11-13-32(41)14-12-31)18-22-44(28-40)39(47)30-25-34(48-3)37(50-5)35(26-30)49-4/h6,8-14,25-27,29H,7,15-24,28H2,1-5H3. The first-order valence-corrected chi connectivity index (χ1v) is 18.2. The summed E-state index contributed by atoms with van der Waals surface area (Å²) in [5.41, 5.74) is 2.32. The van der Waals surface area contributed by atoms with Gasteiger partial charge in [0.2, 0.25) is 11.5 Å². The van der Waals surface area contributed by atoms with Crippen molar-refractivity contribution >= 4 is 29.4 Å². The van der Waals surface area contributed by atoms with Crippen molar-refractivity contribution in [1.82, 2.24) is 19.4 Å². The van der Waals surface area contributed by atoms with Crippen LogP contribution < -0.4 is 14.2 Å². The predicted octanol–water partition coefficient (Wildman–Crippen LogP) is 6.96. The van der Waals surface area contributed by atoms with Crippen molar-refractivity contribution in [1.29, 1.82) is 0 Å². The van der Waals surface area contributed by atoms with Crippen LogP contribution in [0.5, 0.6) is 17.2 Å². The number of allylic oxidation sites excluding steroid dienone is 3. The second-order valence-electron chi connectivity index (χ2n) is 13.1. The average Bonchev–Trinajstić information content (AvgIpc) is 3.78. The fourth-order valence-electron chi connectivity index (χ4n) is 7.31. The molecule has 274 valence electrons. The Morgan fingerprint density at radius 1 is 0.980 bits per heavy atom. The first kappa shape index (κ1) is 38.1. The van der Waals surface area contributed by atoms with Gasteiger partial charge in [0.05, 0.1) is 39.8 Å². The van der Waals surface area contributed by atoms with Crippen LogP contribution in [0.4, 0.5) is 0 Å². The van der Waals surface area contributed by atoms with E-state index in [9.17, 15) is 9.59 Å². The maximum atomic E-state index is 13.9. The molecule has 0 spiro atoms. The Bertz CT molecular complexity index is 1670. The maximum absolute atomic E-state index is 13.9. The summed E-state index contributed by atoms with van der Waals surface area (Å²) in [6.45, 7) is 9.39. The third-order valence-electron chi connectivity index (χ3n) is 10.2. The van der Waals surface area contributed by atoms with Gasteiger partial charge >= 0.3 is 0 Å². The van der Waals surface area contributed by atoms with E-state index in [4.69, 9.17) is 30.5 Å². The van der Waals surface area contributed by atoms with E-state index in [2.05, 4.69) is 22.0 Å². The van der Waals surface area contributed by atoms with Crippen molar-refractivity contribution in [2.24, 2.45) is 5.92 Å². The third kappa shape index (κ3) is 8.86. The minimum atomic E-state index is -0.240. The van der Waals surface area contributed by atoms with Gasteiger partial charge in [-0.3, -0.25) is 9.59 Å². The van der Waals surface area contributed by atoms with E-state index in [1.165, 1.54) is 5.56 Å². The molecule has 2 aliphatic heterocycles. The summed E-state index contributed by atoms with van der Waals surface area (Å²) in [7, 11) is 4.64. The topological polar surface area (TPSA) is 95.4 Å². The number of nitrogens with zero attached hydrogens (tertiary/aromatic N) is 4. The number of carbonyl (C=O) groups excluding carboxylic acids is 2. The lowest BCUT2D eigenvalue weighted by Crippen LogP contribution is -2.41. The van der Waals surface area contributed by atoms with Gasteiger partial charge in [0.25, 0.3) is 5.91 Å². The van der Waals surface area contributed by atoms with Crippen molar-refractivity contribution in [3.8, 4) is 17.2 Å². The van der Waals surface area contributed by atoms with Gasteiger partial charge in [0, 0.05) is 48.2 Å². The van der Waals surface area contributed by atoms with Crippen LogP contribution in [0.2, 0.25) is 5.02 Å². The normalized spacial score (nSPS) is 18.6. The van der Waals surface area contributed by atoms with Crippen LogP contribution in [-0.4, -0.2) is 98.3 Å². The van der Waals surface area contributed by atoms with E-state index >= 15 is 0 Å². The lowest BCUT2D eigenvalue weighted by Gasteiger charge is -2.36. The van der Waals surface area contributed by atoms with Crippen molar-refractivity contribution in [2.75, 3.05) is 67.3 Å². The number of rotatable bonds is 16. The largest absolute Gasteiger partial charge is 0.493 e. The van der Waals surface area contributed by atoms with Gasteiger partial charge in [-0.15, -0.1) is 0 Å². The van der Waals surface area contributed by atoms with Crippen LogP contribution in [0, 0.1) is 5.92 Å². The zero-order valence-corrected chi connectivity index (χ0v) is 31.3. The highest BCUT2D eigenvalue weighted by atomic mass is 35.5. The van der Waals surface area contributed by atoms with Crippen LogP contribution in [0.25, 0.3) is 6.08 Å². The minimum absolute atomic E-state index is 0.0786. The molecular weight excluding hydrogens is 668 g/mol. The summed E-state index contributed by atoms with van der Waals surface area (Å²) in [5, 5.41) is 0.684. The van der Waals surface area contributed by atoms with Gasteiger partial charge in [0.15, 0.2) is 17.3 Å². The molecule has 2 saturated heterocycles. The van der Waals surface area contributed by atoms with E-state index in [0.717, 1.165) is 51.0 Å². The molecule has 1 aromatic heterocycles. The lowest BCUT2D eigenvalue weighted by molar-refractivity contribution is 0.0777. The number of amides is 1. The summed E-state index contributed by atoms with van der Waals surface area (Å²) in [6.07, 6.45) is 12.9. The Balaban J connectivity index is 1.27. The third-order valence-corrected chi connectivity index (χ3v) is 10.5. The van der Waals surface area contributed by atoms with Crippen LogP contribution in [-0.2, 0) is 16.7 Å². The number of carbonyl (C=O) groups is 2. The van der Waals surface area contributed by atoms with E-state index < -0.39 is 0 Å². The van der Waals surface area contributed by atoms with Crippen molar-refractivity contribution in [3.63, 3.8) is 0 Å². The fraction of sp³-hybridized carbons (Fsp3) is 0.475. The molecule has 1 unspecified atom stereocenters. The molecule has 0 radical (unpaired) electrons. The zero-order chi connectivity index (χ0) is 36.4. The highest BCUT2D eigenvalue weighted by Crippen LogP contribution is 2.42. The number of halogens is 1. The highest BCUT2D eigenvalue weighted by molar-refractivity contribution is 6.30. The van der Waals surface area contributed by atoms with E-state index in [1.54, 1.807) is 39.7 Å². The minimum Gasteiger partial charge on any atom is -0.493 e. The lowest BCUT2D eigenvalue weighted by atomic mass is 9.76. The molecule has 0 N–H and O–H groups in total. The van der Waals surface area contributed by atoms with Crippen LogP contribution >= 0.6 is 11.6 Å². The molecule has 0 aliphatic carbocycles. The van der Waals surface area contributed by atoms with Crippen LogP contribution in [0.3, 0.4) is 0 Å². The summed E-state index contributed by atoms with van der Waals surface area (Å²) >= 11 is 6.31. The van der Waals surface area contributed by atoms with Gasteiger partial charge < -0.3 is 33.3 Å². The molecule has 3 aromatic rings. The first-order chi connectivity index (χ1) is 24.8. The summed E-state index contributed by atoms with van der Waals surface area (Å²) < 4.78 is 24.1. The molecule has 0 bridgehead atoms. The number of aromatic nitrogens is 2. The maximum Gasteiger partial charge on any atom is 0.254 e. The highest BCUT2D eigenvalue weighted by Gasteiger charge is 2.42. The fourth-order valence-corrected chi connectivity index (χ4v) is 7.44. The number of ketones is 1. The molecule has 2 aromatic carbocycles. The van der Waals surface area contributed by atoms with E-state index in [-0.39, 0.29) is 23.0 Å². The number of hydrogen-bond acceptors (Lipinski definition) is 8. The second-order valence-corrected chi connectivity index (χ2v) is 13.6. The van der Waals surface area contributed by atoms with Gasteiger partial charge in [-0.25, -0.2) is 4.98 Å². The van der Waals surface area contributed by atoms with Crippen molar-refractivity contribution in [2.45, 2.75) is 51.5 Å². The molecule has 1 atom stereocenters. The number of ether oxygens (including phenoxy) is 4. The molecular formula is C40H51ClN4O6. The number of Topliss-reactive ketones (excluding diaryl/α,β-unsaturated/α-hetero) is 1.